The number of carbonyl (C=O) groups excluding carboxylic acids is 2. The molecule has 0 saturated heterocycles. The number of nitrogens with one attached hydrogen (secondary N) is 2. The molecule has 6 nitrogen and oxygen atoms in total. The van der Waals surface area contributed by atoms with Crippen molar-refractivity contribution in [3.63, 3.8) is 0 Å². The van der Waals surface area contributed by atoms with E-state index in [1.807, 2.05) is 0 Å². The minimum absolute atomic E-state index is 0. The molecular formula is C38H76CuN2O4S2. The van der Waals surface area contributed by atoms with E-state index in [1.54, 1.807) is 0 Å². The first kappa shape index (κ1) is 51.4. The van der Waals surface area contributed by atoms with Crippen molar-refractivity contribution in [2.75, 3.05) is 24.6 Å². The summed E-state index contributed by atoms with van der Waals surface area (Å²) in [6, 6.07) is -1.22. The summed E-state index contributed by atoms with van der Waals surface area (Å²) in [6.45, 7) is 6.03. The van der Waals surface area contributed by atoms with Gasteiger partial charge in [-0.1, -0.05) is 181 Å². The number of thiol groups is 2. The van der Waals surface area contributed by atoms with Gasteiger partial charge in [0.15, 0.2) is 0 Å². The van der Waals surface area contributed by atoms with Crippen molar-refractivity contribution in [2.24, 2.45) is 0 Å². The Morgan fingerprint density at radius 3 is 0.787 bits per heavy atom. The van der Waals surface area contributed by atoms with Crippen LogP contribution in [-0.2, 0) is 26.7 Å². The number of hydrogen-bond donors (Lipinski definition) is 4. The van der Waals surface area contributed by atoms with Crippen LogP contribution in [0, 0.1) is 0 Å². The minimum atomic E-state index is -1.05. The van der Waals surface area contributed by atoms with Crippen LogP contribution in [0.2, 0.25) is 0 Å². The molecule has 0 aliphatic rings. The molecule has 0 unspecified atom stereocenters. The summed E-state index contributed by atoms with van der Waals surface area (Å²) in [7, 11) is 0. The van der Waals surface area contributed by atoms with Gasteiger partial charge >= 0.3 is 17.1 Å². The Morgan fingerprint density at radius 1 is 0.426 bits per heavy atom. The Labute approximate surface area is 313 Å². The molecule has 0 saturated carbocycles. The normalized spacial score (nSPS) is 12.2. The van der Waals surface area contributed by atoms with Gasteiger partial charge in [-0.25, -0.2) is 0 Å². The summed E-state index contributed by atoms with van der Waals surface area (Å²) in [4.78, 5) is 21.4. The number of rotatable bonds is 36. The van der Waals surface area contributed by atoms with Crippen LogP contribution in [0.4, 0.5) is 0 Å². The average Bonchev–Trinajstić information content (AvgIpc) is 3.04. The molecule has 0 aromatic carbocycles. The minimum Gasteiger partial charge on any atom is -0.548 e. The maximum atomic E-state index is 10.7. The van der Waals surface area contributed by atoms with Crippen LogP contribution < -0.4 is 20.8 Å². The summed E-state index contributed by atoms with van der Waals surface area (Å²) in [5.41, 5.74) is 0. The standard InChI is InChI=1S/2C19H39NO2S.Cu/c2*1-2-3-4-5-6-7-8-9-10-11-12-13-14-15-16-20-18(17-23)19(21)22;/h2*18,20,23H,2-17H2,1H3,(H,21,22);/q;;+2/p-2/t2*18-;/m00./s1. The molecule has 0 aliphatic heterocycles. The Hall–Kier alpha value is 0.0795. The zero-order chi connectivity index (χ0) is 34.4. The number of aliphatic carboxylic acids is 2. The number of hydrogen-bond acceptors (Lipinski definition) is 8. The molecule has 0 spiro atoms. The molecule has 0 amide bonds. The maximum Gasteiger partial charge on any atom is 2.00 e. The summed E-state index contributed by atoms with van der Waals surface area (Å²) < 4.78 is 0. The van der Waals surface area contributed by atoms with Crippen LogP contribution in [0.5, 0.6) is 0 Å². The Kier molecular flexibility index (Phi) is 48.3. The molecule has 1 radical (unpaired) electrons. The van der Waals surface area contributed by atoms with Crippen LogP contribution >= 0.6 is 25.3 Å². The number of carbonyl (C=O) groups is 2. The van der Waals surface area contributed by atoms with E-state index in [2.05, 4.69) is 49.7 Å². The molecule has 0 aromatic heterocycles. The summed E-state index contributed by atoms with van der Waals surface area (Å²) in [5.74, 6) is -1.52. The van der Waals surface area contributed by atoms with Gasteiger partial charge in [-0.3, -0.25) is 0 Å². The van der Waals surface area contributed by atoms with Crippen molar-refractivity contribution in [1.29, 1.82) is 0 Å². The largest absolute Gasteiger partial charge is 2.00 e. The van der Waals surface area contributed by atoms with E-state index in [-0.39, 0.29) is 17.1 Å². The SMILES string of the molecule is CCCCCCCCCCCCCCCCN[C@@H](CS)C(=O)[O-].CCCCCCCCCCCCCCCCN[C@@H](CS)C(=O)[O-].[Cu+2]. The summed E-state index contributed by atoms with van der Waals surface area (Å²) in [5, 5.41) is 27.3. The third kappa shape index (κ3) is 42.2. The van der Waals surface area contributed by atoms with Crippen LogP contribution in [0.3, 0.4) is 0 Å². The average molecular weight is 753 g/mol. The molecule has 0 aromatic rings. The first-order valence-electron chi connectivity index (χ1n) is 19.5. The van der Waals surface area contributed by atoms with E-state index < -0.39 is 24.0 Å². The van der Waals surface area contributed by atoms with Crippen molar-refractivity contribution >= 4 is 37.2 Å². The molecule has 2 atom stereocenters. The third-order valence-electron chi connectivity index (χ3n) is 8.78. The van der Waals surface area contributed by atoms with Crippen molar-refractivity contribution < 1.29 is 36.9 Å². The molecular weight excluding hydrogens is 676 g/mol. The van der Waals surface area contributed by atoms with E-state index in [9.17, 15) is 19.8 Å². The molecule has 47 heavy (non-hydrogen) atoms. The first-order valence-corrected chi connectivity index (χ1v) is 20.8. The molecule has 9 heteroatoms. The predicted molar refractivity (Wildman–Crippen MR) is 202 cm³/mol. The van der Waals surface area contributed by atoms with E-state index >= 15 is 0 Å². The van der Waals surface area contributed by atoms with Gasteiger partial charge in [-0.15, -0.1) is 0 Å². The van der Waals surface area contributed by atoms with Crippen LogP contribution in [0.15, 0.2) is 0 Å². The number of unbranched alkanes of at least 4 members (excludes halogenated alkanes) is 26. The van der Waals surface area contributed by atoms with E-state index in [0.717, 1.165) is 25.9 Å². The Morgan fingerprint density at radius 2 is 0.617 bits per heavy atom. The van der Waals surface area contributed by atoms with Gasteiger partial charge in [0.1, 0.15) is 0 Å². The topological polar surface area (TPSA) is 104 Å². The van der Waals surface area contributed by atoms with Crippen molar-refractivity contribution in [1.82, 2.24) is 10.6 Å². The predicted octanol–water partition coefficient (Wildman–Crippen LogP) is 8.21. The first-order chi connectivity index (χ1) is 22.4. The van der Waals surface area contributed by atoms with Crippen molar-refractivity contribution in [2.45, 2.75) is 206 Å². The number of carboxylic acid groups (broad SMARTS) is 2. The van der Waals surface area contributed by atoms with Gasteiger partial charge < -0.3 is 30.4 Å². The number of carboxylic acids is 2. The van der Waals surface area contributed by atoms with E-state index in [1.165, 1.54) is 167 Å². The molecule has 0 heterocycles. The second-order valence-electron chi connectivity index (χ2n) is 13.2. The van der Waals surface area contributed by atoms with Gasteiger partial charge in [0.05, 0.1) is 24.0 Å². The maximum absolute atomic E-state index is 10.7. The second-order valence-corrected chi connectivity index (χ2v) is 13.9. The van der Waals surface area contributed by atoms with Gasteiger partial charge in [-0.05, 0) is 25.9 Å². The Balaban J connectivity index is -0.000000807. The van der Waals surface area contributed by atoms with Crippen LogP contribution in [0.1, 0.15) is 194 Å². The second kappa shape index (κ2) is 44.1. The summed E-state index contributed by atoms with van der Waals surface area (Å²) >= 11 is 8.00. The van der Waals surface area contributed by atoms with Crippen LogP contribution in [-0.4, -0.2) is 48.6 Å². The fraction of sp³-hybridized carbons (Fsp3) is 0.947. The Bertz CT molecular complexity index is 582. The van der Waals surface area contributed by atoms with E-state index in [0.29, 0.717) is 11.5 Å². The molecule has 0 fully saturated rings. The van der Waals surface area contributed by atoms with Crippen LogP contribution in [0.25, 0.3) is 0 Å². The molecule has 0 rings (SSSR count). The smallest absolute Gasteiger partial charge is 0.548 e. The van der Waals surface area contributed by atoms with Gasteiger partial charge in [0.2, 0.25) is 0 Å². The summed E-state index contributed by atoms with van der Waals surface area (Å²) in [6.07, 6.45) is 37.5. The van der Waals surface area contributed by atoms with Gasteiger partial charge in [0.25, 0.3) is 0 Å². The van der Waals surface area contributed by atoms with E-state index in [4.69, 9.17) is 0 Å². The zero-order valence-electron chi connectivity index (χ0n) is 30.6. The van der Waals surface area contributed by atoms with Gasteiger partial charge in [0, 0.05) is 11.5 Å². The molecule has 0 bridgehead atoms. The molecule has 285 valence electrons. The fourth-order valence-electron chi connectivity index (χ4n) is 5.64. The molecule has 2 N–H and O–H groups in total. The zero-order valence-corrected chi connectivity index (χ0v) is 33.3. The fourth-order valence-corrected chi connectivity index (χ4v) is 6.19. The third-order valence-corrected chi connectivity index (χ3v) is 9.51. The van der Waals surface area contributed by atoms with Gasteiger partial charge in [-0.2, -0.15) is 25.3 Å². The van der Waals surface area contributed by atoms with Crippen molar-refractivity contribution in [3.05, 3.63) is 0 Å². The monoisotopic (exact) mass is 751 g/mol. The quantitative estimate of drug-likeness (QED) is 0.0293. The van der Waals surface area contributed by atoms with Crippen molar-refractivity contribution in [3.8, 4) is 0 Å². The molecule has 0 aliphatic carbocycles.